The molecule has 1 aliphatic carbocycles. The number of hydrogen-bond acceptors (Lipinski definition) is 5. The molecule has 30 heavy (non-hydrogen) atoms. The quantitative estimate of drug-likeness (QED) is 0.464. The van der Waals surface area contributed by atoms with Crippen LogP contribution in [0.1, 0.15) is 24.3 Å². The van der Waals surface area contributed by atoms with Gasteiger partial charge >= 0.3 is 6.03 Å². The number of carbonyl (C=O) groups is 1. The van der Waals surface area contributed by atoms with E-state index in [-0.39, 0.29) is 0 Å². The van der Waals surface area contributed by atoms with Gasteiger partial charge in [0.2, 0.25) is 0 Å². The highest BCUT2D eigenvalue weighted by molar-refractivity contribution is 6.32. The van der Waals surface area contributed by atoms with Crippen LogP contribution in [0.3, 0.4) is 0 Å². The number of amides is 2. The zero-order chi connectivity index (χ0) is 20.7. The van der Waals surface area contributed by atoms with Crippen LogP contribution in [0.5, 0.6) is 0 Å². The van der Waals surface area contributed by atoms with Crippen LogP contribution in [0.15, 0.2) is 49.1 Å². The smallest absolute Gasteiger partial charge is 0.306 e. The Bertz CT molecular complexity index is 1260. The summed E-state index contributed by atoms with van der Waals surface area (Å²) in [6, 6.07) is 6.80. The third-order valence-corrected chi connectivity index (χ3v) is 5.31. The van der Waals surface area contributed by atoms with Crippen molar-refractivity contribution in [3.63, 3.8) is 0 Å². The monoisotopic (exact) mass is 439 g/mol. The normalized spacial score (nSPS) is 13.4. The summed E-state index contributed by atoms with van der Waals surface area (Å²) in [4.78, 5) is 22.6. The van der Waals surface area contributed by atoms with Gasteiger partial charge in [0.15, 0.2) is 5.82 Å². The lowest BCUT2D eigenvalue weighted by molar-refractivity contribution is 0.262. The molecule has 5 rings (SSSR count). The lowest BCUT2D eigenvalue weighted by atomic mass is 10.0. The summed E-state index contributed by atoms with van der Waals surface area (Å²) in [5, 5.41) is 15.6. The summed E-state index contributed by atoms with van der Waals surface area (Å²) in [5.74, 6) is 0.782. The largest absolute Gasteiger partial charge is 0.323 e. The van der Waals surface area contributed by atoms with Gasteiger partial charge in [-0.2, -0.15) is 10.2 Å². The van der Waals surface area contributed by atoms with Gasteiger partial charge in [-0.15, -0.1) is 4.80 Å². The lowest BCUT2D eigenvalue weighted by Crippen LogP contribution is -2.20. The van der Waals surface area contributed by atoms with Crippen LogP contribution in [-0.4, -0.2) is 31.0 Å². The van der Waals surface area contributed by atoms with E-state index >= 15 is 0 Å². The van der Waals surface area contributed by atoms with Crippen LogP contribution in [0.4, 0.5) is 16.2 Å². The number of urea groups is 1. The highest BCUT2D eigenvalue weighted by Crippen LogP contribution is 2.46. The predicted molar refractivity (Wildman–Crippen MR) is 116 cm³/mol. The second kappa shape index (κ2) is 7.55. The van der Waals surface area contributed by atoms with Gasteiger partial charge in [0.05, 0.1) is 46.7 Å². The molecule has 2 N–H and O–H groups in total. The molecule has 1 fully saturated rings. The molecule has 0 unspecified atom stereocenters. The van der Waals surface area contributed by atoms with Gasteiger partial charge in [0.25, 0.3) is 0 Å². The number of aromatic nitrogens is 5. The Balaban J connectivity index is 1.38. The summed E-state index contributed by atoms with van der Waals surface area (Å²) in [5.41, 5.74) is 3.03. The molecule has 0 aliphatic heterocycles. The van der Waals surface area contributed by atoms with Gasteiger partial charge in [0.1, 0.15) is 0 Å². The van der Waals surface area contributed by atoms with Gasteiger partial charge in [0, 0.05) is 10.4 Å². The van der Waals surface area contributed by atoms with E-state index in [1.165, 1.54) is 23.4 Å². The number of nitrogens with one attached hydrogen (secondary N) is 2. The number of nitrogens with zero attached hydrogens (tertiary/aromatic N) is 5. The number of carbonyl (C=O) groups excluding carboxylic acids is 1. The Labute approximate surface area is 181 Å². The van der Waals surface area contributed by atoms with Gasteiger partial charge in [-0.05, 0) is 42.5 Å². The zero-order valence-electron chi connectivity index (χ0n) is 15.5. The first-order chi connectivity index (χ1) is 14.6. The third kappa shape index (κ3) is 3.67. The van der Waals surface area contributed by atoms with Crippen LogP contribution in [0.25, 0.3) is 16.7 Å². The topological polar surface area (TPSA) is 97.6 Å². The van der Waals surface area contributed by atoms with Crippen molar-refractivity contribution in [2.45, 2.75) is 18.8 Å². The molecule has 10 heteroatoms. The maximum Gasteiger partial charge on any atom is 0.323 e. The Kier molecular flexibility index (Phi) is 4.72. The maximum atomic E-state index is 12.6. The van der Waals surface area contributed by atoms with E-state index < -0.39 is 6.03 Å². The molecule has 1 saturated carbocycles. The van der Waals surface area contributed by atoms with E-state index in [0.29, 0.717) is 33.2 Å². The molecule has 0 saturated heterocycles. The number of pyridine rings is 2. The highest BCUT2D eigenvalue weighted by atomic mass is 35.5. The molecule has 0 radical (unpaired) electrons. The highest BCUT2D eigenvalue weighted by Gasteiger charge is 2.29. The molecule has 4 aromatic rings. The van der Waals surface area contributed by atoms with Crippen LogP contribution in [0.2, 0.25) is 10.0 Å². The Morgan fingerprint density at radius 2 is 1.83 bits per heavy atom. The second-order valence-corrected chi connectivity index (χ2v) is 7.79. The number of rotatable bonds is 4. The fraction of sp³-hybridized carbons (Fsp3) is 0.150. The van der Waals surface area contributed by atoms with E-state index in [0.717, 1.165) is 29.3 Å². The molecule has 0 spiro atoms. The third-order valence-electron chi connectivity index (χ3n) is 4.79. The van der Waals surface area contributed by atoms with E-state index in [2.05, 4.69) is 30.8 Å². The molecule has 0 bridgehead atoms. The van der Waals surface area contributed by atoms with Gasteiger partial charge in [-0.3, -0.25) is 4.98 Å². The minimum Gasteiger partial charge on any atom is -0.306 e. The Morgan fingerprint density at radius 3 is 2.57 bits per heavy atom. The van der Waals surface area contributed by atoms with Crippen molar-refractivity contribution in [3.8, 4) is 5.82 Å². The fourth-order valence-corrected chi connectivity index (χ4v) is 3.76. The van der Waals surface area contributed by atoms with Crippen molar-refractivity contribution in [3.05, 3.63) is 64.7 Å². The fourth-order valence-electron chi connectivity index (χ4n) is 3.36. The first-order valence-electron chi connectivity index (χ1n) is 9.27. The standard InChI is InChI=1S/C20H15Cl2N7O/c21-12-3-4-14-16(7-12)23-10-17(18(14)11-1-2-11)28-20(30)27-13-8-15(22)19(24-9-13)29-25-5-6-26-29/h3-11H,1-2H2,(H2,27,28,30). The van der Waals surface area contributed by atoms with Gasteiger partial charge in [-0.1, -0.05) is 29.3 Å². The van der Waals surface area contributed by atoms with Gasteiger partial charge in [-0.25, -0.2) is 9.78 Å². The zero-order valence-corrected chi connectivity index (χ0v) is 17.0. The molecular formula is C20H15Cl2N7O. The second-order valence-electron chi connectivity index (χ2n) is 6.95. The molecule has 0 atom stereocenters. The van der Waals surface area contributed by atoms with E-state index in [1.54, 1.807) is 12.3 Å². The first-order valence-corrected chi connectivity index (χ1v) is 10.0. The molecule has 1 aromatic carbocycles. The van der Waals surface area contributed by atoms with Crippen LogP contribution < -0.4 is 10.6 Å². The summed E-state index contributed by atoms with van der Waals surface area (Å²) in [7, 11) is 0. The average Bonchev–Trinajstić information content (AvgIpc) is 3.41. The van der Waals surface area contributed by atoms with Crippen LogP contribution >= 0.6 is 23.2 Å². The van der Waals surface area contributed by atoms with Crippen molar-refractivity contribution >= 4 is 51.5 Å². The molecule has 8 nitrogen and oxygen atoms in total. The average molecular weight is 440 g/mol. The van der Waals surface area contributed by atoms with E-state index in [4.69, 9.17) is 23.2 Å². The summed E-state index contributed by atoms with van der Waals surface area (Å²) < 4.78 is 0. The summed E-state index contributed by atoms with van der Waals surface area (Å²) in [6.07, 6.45) is 8.39. The minimum absolute atomic E-state index is 0.312. The Morgan fingerprint density at radius 1 is 1.03 bits per heavy atom. The minimum atomic E-state index is -0.408. The first kappa shape index (κ1) is 18.8. The van der Waals surface area contributed by atoms with Crippen LogP contribution in [0, 0.1) is 0 Å². The van der Waals surface area contributed by atoms with Crippen molar-refractivity contribution < 1.29 is 4.79 Å². The number of hydrogen-bond donors (Lipinski definition) is 2. The summed E-state index contributed by atoms with van der Waals surface area (Å²) in [6.45, 7) is 0. The number of halogens is 2. The predicted octanol–water partition coefficient (Wildman–Crippen LogP) is 5.04. The number of benzene rings is 1. The van der Waals surface area contributed by atoms with Gasteiger partial charge < -0.3 is 10.6 Å². The molecule has 1 aliphatic rings. The molecule has 150 valence electrons. The molecule has 3 heterocycles. The van der Waals surface area contributed by atoms with Crippen molar-refractivity contribution in [1.29, 1.82) is 0 Å². The van der Waals surface area contributed by atoms with Crippen molar-refractivity contribution in [1.82, 2.24) is 25.0 Å². The number of anilines is 2. The van der Waals surface area contributed by atoms with Crippen molar-refractivity contribution in [2.75, 3.05) is 10.6 Å². The maximum absolute atomic E-state index is 12.6. The lowest BCUT2D eigenvalue weighted by Gasteiger charge is -2.14. The molecule has 2 amide bonds. The molecule has 3 aromatic heterocycles. The SMILES string of the molecule is O=C(Nc1cnc(-n2nccn2)c(Cl)c1)Nc1cnc2cc(Cl)ccc2c1C1CC1. The van der Waals surface area contributed by atoms with E-state index in [1.807, 2.05) is 18.2 Å². The molecular weight excluding hydrogens is 425 g/mol. The Hall–Kier alpha value is -3.23. The van der Waals surface area contributed by atoms with Crippen molar-refractivity contribution in [2.24, 2.45) is 0 Å². The summed E-state index contributed by atoms with van der Waals surface area (Å²) >= 11 is 12.4. The van der Waals surface area contributed by atoms with E-state index in [9.17, 15) is 4.79 Å². The number of fused-ring (bicyclic) bond motifs is 1. The van der Waals surface area contributed by atoms with Crippen LogP contribution in [-0.2, 0) is 0 Å².